The van der Waals surface area contributed by atoms with Crippen molar-refractivity contribution in [3.05, 3.63) is 49.5 Å². The van der Waals surface area contributed by atoms with E-state index in [0.29, 0.717) is 24.6 Å². The van der Waals surface area contributed by atoms with Gasteiger partial charge in [-0.3, -0.25) is 78.8 Å². The van der Waals surface area contributed by atoms with Crippen LogP contribution in [0.3, 0.4) is 0 Å². The summed E-state index contributed by atoms with van der Waals surface area (Å²) in [6, 6.07) is -5.63. The molecule has 1 radical (unpaired) electrons. The van der Waals surface area contributed by atoms with Gasteiger partial charge in [0.25, 0.3) is 0 Å². The molecule has 10 fully saturated rings. The van der Waals surface area contributed by atoms with E-state index in [-0.39, 0.29) is 241 Å². The number of carbonyl (C=O) groups is 11. The average molecular weight is 1980 g/mol. The molecule has 16 aliphatic rings. The van der Waals surface area contributed by atoms with Crippen molar-refractivity contribution in [3.63, 3.8) is 0 Å². The van der Waals surface area contributed by atoms with Gasteiger partial charge in [-0.05, 0) is 12.5 Å². The molecule has 122 heavy (non-hydrogen) atoms. The first kappa shape index (κ1) is 98.3. The Kier molecular flexibility index (Phi) is 29.4. The molecule has 0 aromatic carbocycles. The summed E-state index contributed by atoms with van der Waals surface area (Å²) >= 11 is 50.5. The summed E-state index contributed by atoms with van der Waals surface area (Å²) in [7, 11) is 0. The van der Waals surface area contributed by atoms with Crippen LogP contribution in [0.25, 0.3) is 0 Å². The average Bonchev–Trinajstić information content (AvgIpc) is 1.53. The van der Waals surface area contributed by atoms with Gasteiger partial charge in [0, 0.05) is 123 Å². The third kappa shape index (κ3) is 18.6. The molecule has 16 rings (SSSR count). The number of hydrogen-bond donors (Lipinski definition) is 18. The number of aliphatic imine (C=N–C) groups is 5. The van der Waals surface area contributed by atoms with Crippen molar-refractivity contribution in [1.29, 1.82) is 0 Å². The van der Waals surface area contributed by atoms with Gasteiger partial charge in [0.1, 0.15) is 32.0 Å². The molecule has 0 saturated carbocycles. The third-order valence-corrected chi connectivity index (χ3v) is 23.3. The van der Waals surface area contributed by atoms with E-state index in [4.69, 9.17) is 130 Å². The Balaban J connectivity index is 0.000000184. The first-order valence-electron chi connectivity index (χ1n) is 36.4. The molecule has 16 heterocycles. The Morgan fingerprint density at radius 3 is 1.26 bits per heavy atom. The topological polar surface area (TPSA) is 597 Å². The number of hydrogen-bond acceptors (Lipinski definition) is 38. The van der Waals surface area contributed by atoms with Crippen molar-refractivity contribution < 1.29 is 130 Å². The number of nitrogens with two attached hydrogens (primary N) is 2. The van der Waals surface area contributed by atoms with E-state index in [1.165, 1.54) is 20.8 Å². The van der Waals surface area contributed by atoms with Gasteiger partial charge in [-0.15, -0.1) is 0 Å². The van der Waals surface area contributed by atoms with Gasteiger partial charge < -0.3 is 108 Å². The molecule has 2 unspecified atom stereocenters. The fraction of sp³-hybridized carbons (Fsp3) is 0.642. The number of aliphatic hydroxyl groups is 6. The van der Waals surface area contributed by atoms with Crippen LogP contribution in [0.2, 0.25) is 0 Å². The number of rotatable bonds is 11. The second-order valence-electron chi connectivity index (χ2n) is 29.6. The van der Waals surface area contributed by atoms with Crippen LogP contribution in [0.15, 0.2) is 74.4 Å². The minimum atomic E-state index is -2.27. The maximum absolute atomic E-state index is 12.3. The Labute approximate surface area is 767 Å². The summed E-state index contributed by atoms with van der Waals surface area (Å²) in [5.41, 5.74) is 6.50. The fourth-order valence-electron chi connectivity index (χ4n) is 17.3. The quantitative estimate of drug-likeness (QED) is 0.0420. The van der Waals surface area contributed by atoms with Gasteiger partial charge in [-0.1, -0.05) is 146 Å². The molecule has 0 aromatic rings. The molecule has 0 bridgehead atoms. The molecule has 4 spiro atoms. The predicted molar refractivity (Wildman–Crippen MR) is 436 cm³/mol. The molecule has 671 valence electrons. The zero-order valence-electron chi connectivity index (χ0n) is 62.2. The van der Waals surface area contributed by atoms with Gasteiger partial charge in [0.15, 0.2) is 34.6 Å². The second-order valence-corrected chi connectivity index (χ2v) is 37.2. The molecule has 45 nitrogen and oxygen atoms in total. The number of nitrogens with zero attached hydrogens (tertiary/aromatic N) is 13. The number of aliphatic hydroxyl groups excluding tert-OH is 2. The fourth-order valence-corrected chi connectivity index (χ4v) is 17.8. The van der Waals surface area contributed by atoms with Crippen molar-refractivity contribution in [2.45, 2.75) is 199 Å². The number of halogens is 9. The number of guanidine groups is 5. The molecule has 0 aliphatic carbocycles. The van der Waals surface area contributed by atoms with E-state index >= 15 is 0 Å². The molecule has 16 aliphatic heterocycles. The molecule has 55 heteroatoms. The first-order chi connectivity index (χ1) is 55.1. The number of alkyl carbamates (subject to hydrolysis) is 3. The van der Waals surface area contributed by atoms with Crippen LogP contribution < -0.4 is 64.6 Å². The number of ether oxygens (including phenoxy) is 3. The van der Waals surface area contributed by atoms with Gasteiger partial charge in [-0.2, -0.15) is 0 Å². The number of alkyl halides is 9. The zero-order valence-corrected chi connectivity index (χ0v) is 71.9. The zero-order chi connectivity index (χ0) is 85.9. The van der Waals surface area contributed by atoms with E-state index < -0.39 is 144 Å². The van der Waals surface area contributed by atoms with E-state index in [0.717, 1.165) is 19.6 Å². The van der Waals surface area contributed by atoms with Gasteiger partial charge in [0.05, 0.1) is 92.0 Å². The van der Waals surface area contributed by atoms with E-state index in [1.54, 1.807) is 11.1 Å². The van der Waals surface area contributed by atoms with Gasteiger partial charge in [0.2, 0.25) is 88.1 Å². The molecule has 0 aromatic heterocycles. The molecular weight excluding hydrogens is 1880 g/mol. The predicted octanol–water partition coefficient (Wildman–Crippen LogP) is -3.15. The normalized spacial score (nSPS) is 31.7. The van der Waals surface area contributed by atoms with Crippen LogP contribution in [0, 0.1) is 0 Å². The molecule has 10 saturated heterocycles. The Morgan fingerprint density at radius 1 is 0.475 bits per heavy atom. The van der Waals surface area contributed by atoms with Crippen LogP contribution in [0.1, 0.15) is 92.9 Å². The molecule has 14 atom stereocenters. The minimum absolute atomic E-state index is 0. The van der Waals surface area contributed by atoms with Gasteiger partial charge >= 0.3 is 18.3 Å². The standard InChI is InChI=1S/C17H21Cl3N6O6.C17H21Cl3N6O5.C17H19Cl3N6O5.C13H19N7O4.3CH4.Y/c1-8-21-12-9(6-25-10(27)2-3-11(25)28)22-13(23-14(29)32-7-16(18,19)20)26-5-4-15(30,31)17(12,26)24-8;2*1-8-21-13-9(6-25-11(28)2-3-12(25)29)22-14(23-15(30)31-7-16(18,19)20)26-5-4-10(27)17(13,26)24-8;14-10-17-9-6(5-19-7(21)1-2-8(19)22)16-11(15)20-4-3-12(23,24)13(9,20)18-10;;;;/h9,12,21,24,30-31H,1-7H2,(H,22,23,29);9-10,13,21,24,27H,1-7H2,(H,22,23,30);4-5,9-10,13,21,24,27H,1-3,6-7H2,(H,22,23,30);6,9,23-24H,1-5H2,(H2,15,16)(H3,14,17,18);3*1H4;/t9-,12-,17-;2*9-,10?,13-,17+;6-,9-,13-;;;;/m0000..../s1. The first-order valence-corrected chi connectivity index (χ1v) is 39.8. The summed E-state index contributed by atoms with van der Waals surface area (Å²) < 4.78 is 9.32. The number of imide groups is 4. The maximum atomic E-state index is 12.3. The Hall–Kier alpha value is -7.45. The van der Waals surface area contributed by atoms with Crippen molar-refractivity contribution in [2.75, 3.05) is 65.6 Å². The minimum Gasteiger partial charge on any atom is -0.445 e. The Bertz CT molecular complexity index is 4340. The summed E-state index contributed by atoms with van der Waals surface area (Å²) in [6.45, 7) is 10.6. The van der Waals surface area contributed by atoms with Gasteiger partial charge in [-0.25, -0.2) is 39.3 Å². The smallest absolute Gasteiger partial charge is 0.414 e. The van der Waals surface area contributed by atoms with Crippen molar-refractivity contribution in [2.24, 2.45) is 36.4 Å². The van der Waals surface area contributed by atoms with Crippen LogP contribution in [0.5, 0.6) is 0 Å². The summed E-state index contributed by atoms with van der Waals surface area (Å²) in [5.74, 6) is -5.50. The number of likely N-dealkylation sites (tertiary alicyclic amines) is 4. The molecule has 11 amide bonds. The maximum Gasteiger partial charge on any atom is 0.414 e. The molecule has 20 N–H and O–H groups in total. The van der Waals surface area contributed by atoms with E-state index in [9.17, 15) is 83.4 Å². The summed E-state index contributed by atoms with van der Waals surface area (Å²) in [6.07, 6.45) is -0.257. The summed E-state index contributed by atoms with van der Waals surface area (Å²) in [4.78, 5) is 167. The SMILES string of the molecule is C.C.C.C=C1N[C@H]2[C@H](CN3C(=O)CCC3=O)N=C(NC(=O)OCC(Cl)(Cl)Cl)N3C=CC(O)[C@]23N1.C=C1N[C@H]2[C@H](CN3C(=O)CCC3=O)N=C(NC(=O)OCC(Cl)(Cl)Cl)N3CCC(O)(O)[C@]23N1.C=C1N[C@H]2[C@H](CN3C(=O)CCC3=O)N=C(NC(=O)OCC(Cl)(Cl)Cl)N3CCC(O)[C@]23N1.NC1=N[C@H]2[C@H](CN3C(=O)CCC3=O)N=C(N)N3CCC(O)(O)[C@]23N1.[Y]. The third-order valence-electron chi connectivity index (χ3n) is 22.3. The van der Waals surface area contributed by atoms with Crippen molar-refractivity contribution in [1.82, 2.24) is 92.4 Å². The van der Waals surface area contributed by atoms with Crippen LogP contribution in [-0.2, 0) is 85.3 Å². The Morgan fingerprint density at radius 2 is 0.828 bits per heavy atom. The largest absolute Gasteiger partial charge is 0.445 e. The van der Waals surface area contributed by atoms with Crippen molar-refractivity contribution in [3.8, 4) is 0 Å². The second kappa shape index (κ2) is 36.5. The number of nitrogens with one attached hydrogen (secondary N) is 10. The van der Waals surface area contributed by atoms with Crippen molar-refractivity contribution >= 4 is 200 Å². The van der Waals surface area contributed by atoms with E-state index in [1.807, 2.05) is 0 Å². The monoisotopic (exact) mass is 1970 g/mol. The van der Waals surface area contributed by atoms with Crippen LogP contribution in [-0.4, -0.2) is 337 Å². The number of amides is 11. The van der Waals surface area contributed by atoms with E-state index in [2.05, 4.69) is 97.9 Å². The number of carbonyl (C=O) groups excluding carboxylic acids is 11. The van der Waals surface area contributed by atoms with Crippen LogP contribution >= 0.6 is 104 Å². The summed E-state index contributed by atoms with van der Waals surface area (Å²) in [5, 5.41) is 93.3. The van der Waals surface area contributed by atoms with Crippen LogP contribution in [0.4, 0.5) is 14.4 Å². The molecular formula is C67H92Cl9N25O20Y.